The third-order valence-corrected chi connectivity index (χ3v) is 7.05. The van der Waals surface area contributed by atoms with E-state index in [1.165, 1.54) is 29.5 Å². The zero-order valence-electron chi connectivity index (χ0n) is 15.8. The van der Waals surface area contributed by atoms with E-state index >= 15 is 0 Å². The first-order chi connectivity index (χ1) is 13.5. The summed E-state index contributed by atoms with van der Waals surface area (Å²) in [5.74, 6) is -0.308. The van der Waals surface area contributed by atoms with Crippen LogP contribution in [0.15, 0.2) is 28.6 Å². The van der Waals surface area contributed by atoms with Gasteiger partial charge in [-0.2, -0.15) is 0 Å². The van der Waals surface area contributed by atoms with Gasteiger partial charge in [0.2, 0.25) is 0 Å². The molecule has 1 aliphatic rings. The predicted octanol–water partition coefficient (Wildman–Crippen LogP) is 4.24. The Balaban J connectivity index is 1.55. The number of hydrogen-bond donors (Lipinski definition) is 1. The zero-order valence-corrected chi connectivity index (χ0v) is 18.3. The fraction of sp³-hybridized carbons (Fsp3) is 0.474. The Bertz CT molecular complexity index is 892. The van der Waals surface area contributed by atoms with E-state index in [0.717, 1.165) is 29.3 Å². The number of nitrogens with zero attached hydrogens (tertiary/aromatic N) is 2. The van der Waals surface area contributed by atoms with Gasteiger partial charge in [-0.15, -0.1) is 5.10 Å². The van der Waals surface area contributed by atoms with Crippen LogP contribution in [0.5, 0.6) is 0 Å². The molecule has 0 bridgehead atoms. The van der Waals surface area contributed by atoms with Gasteiger partial charge in [0.1, 0.15) is 0 Å². The highest BCUT2D eigenvalue weighted by Gasteiger charge is 2.23. The molecule has 3 rings (SSSR count). The van der Waals surface area contributed by atoms with Crippen molar-refractivity contribution in [3.05, 3.63) is 33.8 Å². The van der Waals surface area contributed by atoms with Crippen LogP contribution in [0.2, 0.25) is 0 Å². The highest BCUT2D eigenvalue weighted by atomic mass is 32.2. The second-order valence-electron chi connectivity index (χ2n) is 6.81. The molecule has 1 aromatic carbocycles. The third kappa shape index (κ3) is 5.21. The second-order valence-corrected chi connectivity index (χ2v) is 9.48. The van der Waals surface area contributed by atoms with Crippen molar-refractivity contribution >= 4 is 47.2 Å². The lowest BCUT2D eigenvalue weighted by molar-refractivity contribution is -0.125. The molecule has 9 heteroatoms. The Kier molecular flexibility index (Phi) is 7.25. The lowest BCUT2D eigenvalue weighted by atomic mass is 9.86. The van der Waals surface area contributed by atoms with Crippen LogP contribution in [0.25, 0.3) is 5.69 Å². The molecule has 1 saturated carbocycles. The molecule has 0 saturated heterocycles. The molecular formula is C19H23N3O3S3. The standard InChI is InChI=1S/C19H23N3O3S3/c1-12-5-3-4-6-15(12)20-16(23)11-25-17(24)13-7-9-14(10-8-13)22-19(26)28-18(21-22)27-2/h7-10,12,15H,3-6,11H2,1-2H3,(H,20,23)/t12-,15-/m0/s1. The van der Waals surface area contributed by atoms with Gasteiger partial charge < -0.3 is 10.1 Å². The van der Waals surface area contributed by atoms with Crippen molar-refractivity contribution in [3.63, 3.8) is 0 Å². The smallest absolute Gasteiger partial charge is 0.338 e. The summed E-state index contributed by atoms with van der Waals surface area (Å²) in [5, 5.41) is 7.40. The SMILES string of the molecule is CSc1nn(-c2ccc(C(=O)OCC(=O)N[C@H]3CCCC[C@@H]3C)cc2)c(=S)s1. The first kappa shape index (κ1) is 21.0. The highest BCUT2D eigenvalue weighted by molar-refractivity contribution is 8.00. The van der Waals surface area contributed by atoms with Gasteiger partial charge in [0.05, 0.1) is 11.3 Å². The maximum Gasteiger partial charge on any atom is 0.338 e. The van der Waals surface area contributed by atoms with Gasteiger partial charge in [-0.1, -0.05) is 42.9 Å². The number of carbonyl (C=O) groups excluding carboxylic acids is 2. The van der Waals surface area contributed by atoms with E-state index in [2.05, 4.69) is 17.3 Å². The summed E-state index contributed by atoms with van der Waals surface area (Å²) in [6.45, 7) is 1.88. The van der Waals surface area contributed by atoms with Crippen molar-refractivity contribution in [3.8, 4) is 5.69 Å². The minimum Gasteiger partial charge on any atom is -0.452 e. The monoisotopic (exact) mass is 437 g/mol. The molecule has 1 amide bonds. The van der Waals surface area contributed by atoms with Crippen molar-refractivity contribution in [2.75, 3.05) is 12.9 Å². The molecule has 0 aliphatic heterocycles. The van der Waals surface area contributed by atoms with Crippen LogP contribution in [-0.4, -0.2) is 40.6 Å². The average Bonchev–Trinajstić information content (AvgIpc) is 3.09. The van der Waals surface area contributed by atoms with Crippen molar-refractivity contribution < 1.29 is 14.3 Å². The van der Waals surface area contributed by atoms with E-state index in [4.69, 9.17) is 17.0 Å². The Morgan fingerprint density at radius 1 is 1.32 bits per heavy atom. The molecular weight excluding hydrogens is 414 g/mol. The second kappa shape index (κ2) is 9.67. The summed E-state index contributed by atoms with van der Waals surface area (Å²) in [7, 11) is 0. The Hall–Kier alpha value is -1.71. The molecule has 2 atom stereocenters. The normalized spacial score (nSPS) is 19.2. The quantitative estimate of drug-likeness (QED) is 0.414. The first-order valence-corrected chi connectivity index (χ1v) is 11.6. The lowest BCUT2D eigenvalue weighted by Crippen LogP contribution is -2.42. The van der Waals surface area contributed by atoms with Crippen molar-refractivity contribution in [1.29, 1.82) is 0 Å². The van der Waals surface area contributed by atoms with E-state index in [1.54, 1.807) is 28.9 Å². The van der Waals surface area contributed by atoms with Crippen LogP contribution in [0.4, 0.5) is 0 Å². The molecule has 28 heavy (non-hydrogen) atoms. The van der Waals surface area contributed by atoms with Crippen LogP contribution in [0, 0.1) is 9.87 Å². The fourth-order valence-corrected chi connectivity index (χ4v) is 5.02. The van der Waals surface area contributed by atoms with E-state index < -0.39 is 5.97 Å². The van der Waals surface area contributed by atoms with Crippen LogP contribution in [-0.2, 0) is 9.53 Å². The Morgan fingerprint density at radius 2 is 2.04 bits per heavy atom. The highest BCUT2D eigenvalue weighted by Crippen LogP contribution is 2.24. The number of carbonyl (C=O) groups is 2. The minimum atomic E-state index is -0.523. The van der Waals surface area contributed by atoms with E-state index in [0.29, 0.717) is 15.4 Å². The van der Waals surface area contributed by atoms with Gasteiger partial charge in [-0.05, 0) is 61.5 Å². The van der Waals surface area contributed by atoms with Gasteiger partial charge in [0.25, 0.3) is 5.91 Å². The van der Waals surface area contributed by atoms with Crippen molar-refractivity contribution in [2.45, 2.75) is 43.0 Å². The first-order valence-electron chi connectivity index (χ1n) is 9.19. The fourth-order valence-electron chi connectivity index (χ4n) is 3.24. The summed E-state index contributed by atoms with van der Waals surface area (Å²) in [6, 6.07) is 7.00. The van der Waals surface area contributed by atoms with Crippen LogP contribution in [0.1, 0.15) is 43.0 Å². The van der Waals surface area contributed by atoms with Gasteiger partial charge in [-0.3, -0.25) is 4.79 Å². The van der Waals surface area contributed by atoms with E-state index in [9.17, 15) is 9.59 Å². The van der Waals surface area contributed by atoms with Crippen LogP contribution in [0.3, 0.4) is 0 Å². The number of benzene rings is 1. The number of ether oxygens (including phenoxy) is 1. The average molecular weight is 438 g/mol. The Morgan fingerprint density at radius 3 is 2.68 bits per heavy atom. The molecule has 0 radical (unpaired) electrons. The Labute approximate surface area is 177 Å². The van der Waals surface area contributed by atoms with Crippen LogP contribution < -0.4 is 5.32 Å². The number of thioether (sulfide) groups is 1. The molecule has 1 fully saturated rings. The summed E-state index contributed by atoms with van der Waals surface area (Å²) >= 11 is 8.30. The maximum atomic E-state index is 12.2. The molecule has 0 spiro atoms. The van der Waals surface area contributed by atoms with Crippen molar-refractivity contribution in [1.82, 2.24) is 15.1 Å². The van der Waals surface area contributed by atoms with Gasteiger partial charge in [0.15, 0.2) is 14.9 Å². The maximum absolute atomic E-state index is 12.2. The number of aromatic nitrogens is 2. The topological polar surface area (TPSA) is 73.2 Å². The molecule has 1 N–H and O–H groups in total. The molecule has 1 aliphatic carbocycles. The van der Waals surface area contributed by atoms with Crippen molar-refractivity contribution in [2.24, 2.45) is 5.92 Å². The summed E-state index contributed by atoms with van der Waals surface area (Å²) in [4.78, 5) is 24.3. The molecule has 150 valence electrons. The number of nitrogens with one attached hydrogen (secondary N) is 1. The number of hydrogen-bond acceptors (Lipinski definition) is 7. The summed E-state index contributed by atoms with van der Waals surface area (Å²) in [5.41, 5.74) is 1.16. The van der Waals surface area contributed by atoms with Gasteiger partial charge >= 0.3 is 5.97 Å². The number of esters is 1. The number of rotatable bonds is 6. The largest absolute Gasteiger partial charge is 0.452 e. The zero-order chi connectivity index (χ0) is 20.1. The van der Waals surface area contributed by atoms with Gasteiger partial charge in [0, 0.05) is 6.04 Å². The van der Waals surface area contributed by atoms with E-state index in [-0.39, 0.29) is 18.6 Å². The molecule has 1 heterocycles. The molecule has 6 nitrogen and oxygen atoms in total. The third-order valence-electron chi connectivity index (χ3n) is 4.84. The summed E-state index contributed by atoms with van der Waals surface area (Å²) < 4.78 is 8.36. The lowest BCUT2D eigenvalue weighted by Gasteiger charge is -2.29. The van der Waals surface area contributed by atoms with E-state index in [1.807, 2.05) is 6.26 Å². The predicted molar refractivity (Wildman–Crippen MR) is 114 cm³/mol. The minimum absolute atomic E-state index is 0.174. The van der Waals surface area contributed by atoms with Gasteiger partial charge in [-0.25, -0.2) is 9.48 Å². The molecule has 2 aromatic rings. The molecule has 1 aromatic heterocycles. The number of amides is 1. The molecule has 0 unspecified atom stereocenters. The van der Waals surface area contributed by atoms with Crippen LogP contribution >= 0.6 is 35.3 Å². The summed E-state index contributed by atoms with van der Waals surface area (Å²) in [6.07, 6.45) is 6.40.